The van der Waals surface area contributed by atoms with Crippen LogP contribution in [0.1, 0.15) is 26.2 Å². The van der Waals surface area contributed by atoms with Crippen LogP contribution in [0.25, 0.3) is 0 Å². The minimum absolute atomic E-state index is 0. The van der Waals surface area contributed by atoms with Crippen molar-refractivity contribution in [2.45, 2.75) is 61.1 Å². The maximum absolute atomic E-state index is 13.2. The topological polar surface area (TPSA) is 89.4 Å². The molecule has 0 rings (SSSR count). The Labute approximate surface area is 144 Å². The van der Waals surface area contributed by atoms with Crippen LogP contribution in [-0.2, 0) is 10.1 Å². The fourth-order valence-corrected chi connectivity index (χ4v) is 1.98. The van der Waals surface area contributed by atoms with E-state index in [2.05, 4.69) is 0 Å². The summed E-state index contributed by atoms with van der Waals surface area (Å²) in [6.45, 7) is 1.09. The highest BCUT2D eigenvalue weighted by Gasteiger charge is 2.91. The number of unbranched alkanes of at least 4 members (excludes halogenated alkanes) is 1. The Morgan fingerprint density at radius 2 is 1.04 bits per heavy atom. The van der Waals surface area contributed by atoms with Crippen LogP contribution in [0, 0.1) is 0 Å². The van der Waals surface area contributed by atoms with E-state index >= 15 is 0 Å². The highest BCUT2D eigenvalue weighted by molar-refractivity contribution is 7.87. The van der Waals surface area contributed by atoms with Crippen LogP contribution < -0.4 is 6.15 Å². The molecule has 4 nitrogen and oxygen atoms in total. The molecule has 0 aromatic rings. The van der Waals surface area contributed by atoms with E-state index in [0.29, 0.717) is 0 Å². The van der Waals surface area contributed by atoms with Crippen LogP contribution in [-0.4, -0.2) is 47.8 Å². The van der Waals surface area contributed by atoms with E-state index in [9.17, 15) is 61.1 Å². The Kier molecular flexibility index (Phi) is 7.80. The van der Waals surface area contributed by atoms with Gasteiger partial charge in [0, 0.05) is 6.42 Å². The Hall–Kier alpha value is -0.970. The molecule has 0 unspecified atom stereocenters. The first-order valence-electron chi connectivity index (χ1n) is 6.30. The first kappa shape index (κ1) is 28.2. The molecular weight excluding hydrogens is 442 g/mol. The smallest absolute Gasteiger partial charge is 0.344 e. The Morgan fingerprint density at radius 1 is 0.704 bits per heavy atom. The predicted octanol–water partition coefficient (Wildman–Crippen LogP) is 5.00. The summed E-state index contributed by atoms with van der Waals surface area (Å²) >= 11 is 0. The van der Waals surface area contributed by atoms with Crippen molar-refractivity contribution in [1.82, 2.24) is 6.15 Å². The molecule has 0 aliphatic rings. The van der Waals surface area contributed by atoms with Gasteiger partial charge < -0.3 is 6.15 Å². The lowest BCUT2D eigenvalue weighted by atomic mass is 9.92. The lowest BCUT2D eigenvalue weighted by molar-refractivity contribution is -0.417. The second-order valence-electron chi connectivity index (χ2n) is 5.10. The molecule has 0 aliphatic carbocycles. The molecule has 0 saturated heterocycles. The van der Waals surface area contributed by atoms with Crippen LogP contribution in [0.5, 0.6) is 0 Å². The minimum atomic E-state index is -8.02. The molecule has 0 amide bonds. The third kappa shape index (κ3) is 3.94. The predicted molar refractivity (Wildman–Crippen MR) is 65.8 cm³/mol. The molecule has 0 aliphatic heterocycles. The lowest BCUT2D eigenvalue weighted by Crippen LogP contribution is -2.71. The van der Waals surface area contributed by atoms with Crippen LogP contribution in [0.15, 0.2) is 0 Å². The van der Waals surface area contributed by atoms with Crippen molar-refractivity contribution < 1.29 is 65.7 Å². The number of hydrogen-bond acceptors (Lipinski definition) is 3. The second kappa shape index (κ2) is 7.46. The molecule has 0 aromatic carbocycles. The molecule has 0 fully saturated rings. The van der Waals surface area contributed by atoms with E-state index in [1.54, 1.807) is 0 Å². The summed E-state index contributed by atoms with van der Waals surface area (Å²) < 4.78 is 185. The van der Waals surface area contributed by atoms with Gasteiger partial charge >= 0.3 is 45.0 Å². The molecule has 166 valence electrons. The molecule has 0 bridgehead atoms. The number of alkyl halides is 12. The van der Waals surface area contributed by atoms with E-state index in [4.69, 9.17) is 4.55 Å². The summed E-state index contributed by atoms with van der Waals surface area (Å²) in [6.07, 6.45) is -3.49. The van der Waals surface area contributed by atoms with Gasteiger partial charge in [-0.15, -0.1) is 0 Å². The summed E-state index contributed by atoms with van der Waals surface area (Å²) in [4.78, 5) is 0. The third-order valence-corrected chi connectivity index (χ3v) is 4.08. The first-order chi connectivity index (χ1) is 11.1. The lowest BCUT2D eigenvalue weighted by Gasteiger charge is -2.40. The minimum Gasteiger partial charge on any atom is -0.344 e. The molecule has 0 atom stereocenters. The maximum atomic E-state index is 13.2. The van der Waals surface area contributed by atoms with Gasteiger partial charge in [-0.25, -0.2) is 0 Å². The third-order valence-electron chi connectivity index (χ3n) is 3.18. The van der Waals surface area contributed by atoms with Crippen molar-refractivity contribution in [3.8, 4) is 0 Å². The summed E-state index contributed by atoms with van der Waals surface area (Å²) in [7, 11) is -7.53. The van der Waals surface area contributed by atoms with Gasteiger partial charge in [-0.05, 0) is 6.42 Å². The highest BCUT2D eigenvalue weighted by atomic mass is 32.2. The van der Waals surface area contributed by atoms with Crippen molar-refractivity contribution in [2.24, 2.45) is 0 Å². The Morgan fingerprint density at radius 3 is 1.33 bits per heavy atom. The SMILES string of the molecule is CCCCC(F)(F)C(F)(F)C(F)(F)C(F)(F)C(F)(F)C(F)(F)S(=O)(=O)O.N. The number of rotatable bonds is 9. The molecule has 4 N–H and O–H groups in total. The Balaban J connectivity index is 0. The van der Waals surface area contributed by atoms with Crippen LogP contribution >= 0.6 is 0 Å². The first-order valence-corrected chi connectivity index (χ1v) is 7.74. The van der Waals surface area contributed by atoms with Gasteiger partial charge in [-0.1, -0.05) is 13.3 Å². The van der Waals surface area contributed by atoms with E-state index in [1.165, 1.54) is 0 Å². The molecule has 0 aromatic heterocycles. The van der Waals surface area contributed by atoms with Crippen molar-refractivity contribution in [2.75, 3.05) is 0 Å². The zero-order valence-electron chi connectivity index (χ0n) is 13.0. The molecule has 17 heteroatoms. The maximum Gasteiger partial charge on any atom is 0.438 e. The van der Waals surface area contributed by atoms with Crippen molar-refractivity contribution in [3.63, 3.8) is 0 Å². The quantitative estimate of drug-likeness (QED) is 0.379. The summed E-state index contributed by atoms with van der Waals surface area (Å²) in [5, 5.41) is -7.40. The van der Waals surface area contributed by atoms with Gasteiger partial charge in [-0.3, -0.25) is 4.55 Å². The fourth-order valence-electron chi connectivity index (χ4n) is 1.52. The zero-order valence-corrected chi connectivity index (χ0v) is 13.9. The molecule has 0 saturated carbocycles. The van der Waals surface area contributed by atoms with Crippen LogP contribution in [0.4, 0.5) is 52.7 Å². The standard InChI is InChI=1S/C10H10F12O3S.H3N/c1-2-3-4-5(11,12)6(13,14)7(15,16)8(17,18)9(19,20)10(21,22)26(23,24)25;/h2-4H2,1H3,(H,23,24,25);1H3. The molecule has 27 heavy (non-hydrogen) atoms. The molecule has 0 radical (unpaired) electrons. The van der Waals surface area contributed by atoms with Crippen LogP contribution in [0.2, 0.25) is 0 Å². The summed E-state index contributed by atoms with van der Waals surface area (Å²) in [6, 6.07) is 0. The fraction of sp³-hybridized carbons (Fsp3) is 1.00. The van der Waals surface area contributed by atoms with E-state index in [1.807, 2.05) is 0 Å². The van der Waals surface area contributed by atoms with Gasteiger partial charge in [0.1, 0.15) is 0 Å². The highest BCUT2D eigenvalue weighted by Crippen LogP contribution is 2.61. The summed E-state index contributed by atoms with van der Waals surface area (Å²) in [5.41, 5.74) is 0. The van der Waals surface area contributed by atoms with Gasteiger partial charge in [0.2, 0.25) is 0 Å². The average molecular weight is 455 g/mol. The van der Waals surface area contributed by atoms with Crippen LogP contribution in [0.3, 0.4) is 0 Å². The van der Waals surface area contributed by atoms with E-state index < -0.39 is 57.8 Å². The normalized spacial score (nSPS) is 15.5. The van der Waals surface area contributed by atoms with Crippen molar-refractivity contribution in [3.05, 3.63) is 0 Å². The Bertz CT molecular complexity index is 619. The largest absolute Gasteiger partial charge is 0.438 e. The number of halogens is 12. The molecule has 0 spiro atoms. The van der Waals surface area contributed by atoms with Gasteiger partial charge in [0.15, 0.2) is 0 Å². The zero-order chi connectivity index (χ0) is 21.6. The number of hydrogen-bond donors (Lipinski definition) is 2. The van der Waals surface area contributed by atoms with Gasteiger partial charge in [0.25, 0.3) is 0 Å². The van der Waals surface area contributed by atoms with Crippen molar-refractivity contribution >= 4 is 10.1 Å². The average Bonchev–Trinajstić information content (AvgIpc) is 2.42. The summed E-state index contributed by atoms with van der Waals surface area (Å²) in [5.74, 6) is -37.1. The van der Waals surface area contributed by atoms with Gasteiger partial charge in [0.05, 0.1) is 0 Å². The van der Waals surface area contributed by atoms with E-state index in [0.717, 1.165) is 6.92 Å². The van der Waals surface area contributed by atoms with E-state index in [-0.39, 0.29) is 12.6 Å². The van der Waals surface area contributed by atoms with Crippen molar-refractivity contribution in [1.29, 1.82) is 0 Å². The second-order valence-corrected chi connectivity index (χ2v) is 6.56. The molecular formula is C10H13F12NO3S. The van der Waals surface area contributed by atoms with Gasteiger partial charge in [-0.2, -0.15) is 61.1 Å². The monoisotopic (exact) mass is 455 g/mol. The molecule has 0 heterocycles.